The van der Waals surface area contributed by atoms with Crippen LogP contribution in [-0.4, -0.2) is 55.1 Å². The molecule has 5 nitrogen and oxygen atoms in total. The van der Waals surface area contributed by atoms with Crippen LogP contribution in [0.5, 0.6) is 0 Å². The average Bonchev–Trinajstić information content (AvgIpc) is 3.89. The standard InChI is InChI=1S/C26H21N3.C7H16.2C5H11N.C2H6.C2H2/c1-3-20-15-26(28-17-23-7-5-4-6-18(23)2)29-25-13-12-22(14-24(20)25)21-10-8-19(16-27)9-11-21;1-3-5-7-6-4-2;2*1-6-4-2-3-5-6;2*1-2/h3-15H,1,17H2,2H3,(H,28,29);3-7H2,1-2H3;2*2-5H2,1H3;1-2H3;1-2H. The molecule has 0 radical (unpaired) electrons. The first-order valence-electron chi connectivity index (χ1n) is 19.4. The second-order valence-electron chi connectivity index (χ2n) is 13.1. The highest BCUT2D eigenvalue weighted by molar-refractivity contribution is 5.92. The van der Waals surface area contributed by atoms with Crippen LogP contribution in [0.3, 0.4) is 0 Å². The summed E-state index contributed by atoms with van der Waals surface area (Å²) in [5.41, 5.74) is 7.30. The number of nitrogens with zero attached hydrogens (tertiary/aromatic N) is 4. The molecule has 0 atom stereocenters. The molecule has 4 aromatic rings. The number of terminal acetylenes is 1. The van der Waals surface area contributed by atoms with Gasteiger partial charge in [-0.05, 0) is 131 Å². The minimum absolute atomic E-state index is 0.660. The molecule has 3 aromatic carbocycles. The highest BCUT2D eigenvalue weighted by atomic mass is 15.1. The lowest BCUT2D eigenvalue weighted by molar-refractivity contribution is 0.418. The number of pyridine rings is 1. The van der Waals surface area contributed by atoms with Crippen molar-refractivity contribution in [2.24, 2.45) is 0 Å². The highest BCUT2D eigenvalue weighted by Crippen LogP contribution is 2.28. The molecule has 1 aromatic heterocycles. The normalized spacial score (nSPS) is 13.2. The van der Waals surface area contributed by atoms with E-state index < -0.39 is 0 Å². The largest absolute Gasteiger partial charge is 0.366 e. The molecule has 2 saturated heterocycles. The Hall–Kier alpha value is -4.42. The fourth-order valence-electron chi connectivity index (χ4n) is 5.85. The molecular formula is C47H67N5. The zero-order valence-electron chi connectivity index (χ0n) is 33.6. The summed E-state index contributed by atoms with van der Waals surface area (Å²) in [5, 5.41) is 13.5. The number of hydrogen-bond donors (Lipinski definition) is 1. The topological polar surface area (TPSA) is 55.2 Å². The third-order valence-corrected chi connectivity index (χ3v) is 9.00. The van der Waals surface area contributed by atoms with Gasteiger partial charge in [0.1, 0.15) is 5.82 Å². The Labute approximate surface area is 318 Å². The molecule has 0 unspecified atom stereocenters. The van der Waals surface area contributed by atoms with Gasteiger partial charge in [-0.1, -0.05) is 115 Å². The number of rotatable bonds is 9. The molecule has 5 heteroatoms. The van der Waals surface area contributed by atoms with E-state index in [9.17, 15) is 0 Å². The van der Waals surface area contributed by atoms with Gasteiger partial charge in [-0.25, -0.2) is 4.98 Å². The van der Waals surface area contributed by atoms with Crippen LogP contribution < -0.4 is 5.32 Å². The molecular weight excluding hydrogens is 635 g/mol. The minimum atomic E-state index is 0.660. The Kier molecular flexibility index (Phi) is 24.7. The fourth-order valence-corrected chi connectivity index (χ4v) is 5.85. The zero-order valence-corrected chi connectivity index (χ0v) is 33.6. The number of hydrogen-bond acceptors (Lipinski definition) is 5. The third-order valence-electron chi connectivity index (χ3n) is 9.00. The van der Waals surface area contributed by atoms with Crippen molar-refractivity contribution in [2.45, 2.75) is 99.0 Å². The number of fused-ring (bicyclic) bond motifs is 1. The maximum Gasteiger partial charge on any atom is 0.127 e. The smallest absolute Gasteiger partial charge is 0.127 e. The third kappa shape index (κ3) is 17.2. The predicted octanol–water partition coefficient (Wildman–Crippen LogP) is 12.0. The molecule has 0 saturated carbocycles. The monoisotopic (exact) mass is 702 g/mol. The summed E-state index contributed by atoms with van der Waals surface area (Å²) in [4.78, 5) is 9.51. The van der Waals surface area contributed by atoms with E-state index in [2.05, 4.69) is 106 Å². The molecule has 0 spiro atoms. The average molecular weight is 702 g/mol. The Bertz CT molecular complexity index is 1570. The van der Waals surface area contributed by atoms with Gasteiger partial charge in [-0.15, -0.1) is 12.8 Å². The quantitative estimate of drug-likeness (QED) is 0.139. The van der Waals surface area contributed by atoms with Crippen molar-refractivity contribution in [3.05, 3.63) is 102 Å². The molecule has 1 N–H and O–H groups in total. The SMILES string of the molecule is C#C.C=Cc1cc(NCc2ccccc2C)nc2ccc(-c3ccc(C#N)cc3)cc12.CC.CCCCCCC.CN1CCCC1.CN1CCCC1. The second kappa shape index (κ2) is 28.2. The van der Waals surface area contributed by atoms with Crippen molar-refractivity contribution < 1.29 is 0 Å². The minimum Gasteiger partial charge on any atom is -0.366 e. The van der Waals surface area contributed by atoms with Crippen LogP contribution in [0.4, 0.5) is 5.82 Å². The number of likely N-dealkylation sites (tertiary alicyclic amines) is 2. The van der Waals surface area contributed by atoms with Crippen molar-refractivity contribution in [2.75, 3.05) is 45.6 Å². The molecule has 2 fully saturated rings. The summed E-state index contributed by atoms with van der Waals surface area (Å²) in [6.07, 6.45) is 22.5. The van der Waals surface area contributed by atoms with Crippen molar-refractivity contribution in [1.82, 2.24) is 14.8 Å². The Morgan fingerprint density at radius 3 is 1.79 bits per heavy atom. The molecule has 0 amide bonds. The molecule has 6 rings (SSSR count). The van der Waals surface area contributed by atoms with Crippen molar-refractivity contribution >= 4 is 22.8 Å². The number of anilines is 1. The van der Waals surface area contributed by atoms with Gasteiger partial charge in [0.05, 0.1) is 17.1 Å². The van der Waals surface area contributed by atoms with Gasteiger partial charge in [0.15, 0.2) is 0 Å². The maximum absolute atomic E-state index is 8.99. The van der Waals surface area contributed by atoms with Gasteiger partial charge in [0.25, 0.3) is 0 Å². The van der Waals surface area contributed by atoms with Gasteiger partial charge in [0.2, 0.25) is 0 Å². The lowest BCUT2D eigenvalue weighted by atomic mass is 10.00. The van der Waals surface area contributed by atoms with Crippen molar-refractivity contribution in [1.29, 1.82) is 5.26 Å². The lowest BCUT2D eigenvalue weighted by Crippen LogP contribution is -2.10. The second-order valence-corrected chi connectivity index (χ2v) is 13.1. The fraction of sp³-hybridized carbons (Fsp3) is 0.447. The Morgan fingerprint density at radius 2 is 1.33 bits per heavy atom. The molecule has 0 bridgehead atoms. The maximum atomic E-state index is 8.99. The summed E-state index contributed by atoms with van der Waals surface area (Å²) in [6, 6.07) is 26.4. The van der Waals surface area contributed by atoms with E-state index in [1.54, 1.807) is 0 Å². The summed E-state index contributed by atoms with van der Waals surface area (Å²) >= 11 is 0. The van der Waals surface area contributed by atoms with Crippen LogP contribution >= 0.6 is 0 Å². The van der Waals surface area contributed by atoms with Crippen molar-refractivity contribution in [3.8, 4) is 30.0 Å². The lowest BCUT2D eigenvalue weighted by Gasteiger charge is -2.12. The molecule has 2 aliphatic heterocycles. The Balaban J connectivity index is 0.000000475. The number of unbranched alkanes of at least 4 members (excludes halogenated alkanes) is 4. The van der Waals surface area contributed by atoms with Crippen LogP contribution in [0.25, 0.3) is 28.1 Å². The number of aromatic nitrogens is 1. The van der Waals surface area contributed by atoms with Gasteiger partial charge >= 0.3 is 0 Å². The highest BCUT2D eigenvalue weighted by Gasteiger charge is 2.08. The molecule has 2 aliphatic rings. The number of nitriles is 1. The summed E-state index contributed by atoms with van der Waals surface area (Å²) in [6.45, 7) is 20.6. The van der Waals surface area contributed by atoms with Crippen LogP contribution in [0.2, 0.25) is 0 Å². The van der Waals surface area contributed by atoms with E-state index in [1.807, 2.05) is 62.4 Å². The first-order valence-corrected chi connectivity index (χ1v) is 19.4. The predicted molar refractivity (Wildman–Crippen MR) is 230 cm³/mol. The van der Waals surface area contributed by atoms with Crippen LogP contribution in [0.1, 0.15) is 108 Å². The molecule has 3 heterocycles. The van der Waals surface area contributed by atoms with Gasteiger partial charge in [-0.3, -0.25) is 0 Å². The summed E-state index contributed by atoms with van der Waals surface area (Å²) in [7, 11) is 4.35. The Morgan fingerprint density at radius 1 is 0.788 bits per heavy atom. The summed E-state index contributed by atoms with van der Waals surface area (Å²) < 4.78 is 0. The van der Waals surface area contributed by atoms with E-state index in [4.69, 9.17) is 10.2 Å². The molecule has 0 aliphatic carbocycles. The van der Waals surface area contributed by atoms with E-state index in [-0.39, 0.29) is 0 Å². The summed E-state index contributed by atoms with van der Waals surface area (Å²) in [5.74, 6) is 0.835. The molecule has 52 heavy (non-hydrogen) atoms. The molecule has 280 valence electrons. The van der Waals surface area contributed by atoms with Crippen molar-refractivity contribution in [3.63, 3.8) is 0 Å². The van der Waals surface area contributed by atoms with E-state index in [0.717, 1.165) is 40.0 Å². The van der Waals surface area contributed by atoms with Crippen LogP contribution in [0, 0.1) is 31.1 Å². The van der Waals surface area contributed by atoms with E-state index in [1.165, 1.54) is 95.1 Å². The first kappa shape index (κ1) is 45.6. The van der Waals surface area contributed by atoms with Crippen LogP contribution in [0.15, 0.2) is 79.4 Å². The number of nitrogens with one attached hydrogen (secondary N) is 1. The number of benzene rings is 3. The number of aryl methyl sites for hydroxylation is 1. The van der Waals surface area contributed by atoms with Gasteiger partial charge < -0.3 is 15.1 Å². The van der Waals surface area contributed by atoms with Gasteiger partial charge in [-0.2, -0.15) is 5.26 Å². The van der Waals surface area contributed by atoms with E-state index >= 15 is 0 Å². The first-order chi connectivity index (χ1) is 25.4. The van der Waals surface area contributed by atoms with E-state index in [0.29, 0.717) is 5.56 Å². The van der Waals surface area contributed by atoms with Gasteiger partial charge in [0, 0.05) is 11.9 Å². The zero-order chi connectivity index (χ0) is 38.6. The van der Waals surface area contributed by atoms with Crippen LogP contribution in [-0.2, 0) is 6.54 Å².